The van der Waals surface area contributed by atoms with Crippen LogP contribution < -0.4 is 10.1 Å². The number of benzene rings is 2. The fourth-order valence-corrected chi connectivity index (χ4v) is 2.59. The van der Waals surface area contributed by atoms with Gasteiger partial charge in [0.25, 0.3) is 0 Å². The average Bonchev–Trinajstić information content (AvgIpc) is 3.13. The zero-order chi connectivity index (χ0) is 21.7. The van der Waals surface area contributed by atoms with E-state index < -0.39 is 18.0 Å². The standard InChI is InChI=1S/C20H15F5N2O3/c21-14-2-1-3-15(22)19(14)16-11-27-18(29-16)9-8-17(28)26-10-12-4-6-13(7-5-12)30-20(23,24)25/h1-7,11H,8-10H2,(H,26,28). The predicted octanol–water partition coefficient (Wildman–Crippen LogP) is 4.77. The molecule has 0 spiro atoms. The van der Waals surface area contributed by atoms with Gasteiger partial charge in [0.05, 0.1) is 11.8 Å². The van der Waals surface area contributed by atoms with Gasteiger partial charge in [0.1, 0.15) is 17.4 Å². The fraction of sp³-hybridized carbons (Fsp3) is 0.200. The molecule has 1 heterocycles. The molecule has 1 aromatic heterocycles. The molecule has 0 saturated carbocycles. The van der Waals surface area contributed by atoms with Crippen molar-refractivity contribution in [3.05, 3.63) is 71.8 Å². The van der Waals surface area contributed by atoms with Gasteiger partial charge < -0.3 is 14.5 Å². The Kier molecular flexibility index (Phi) is 6.34. The Morgan fingerprint density at radius 2 is 1.73 bits per heavy atom. The number of nitrogens with zero attached hydrogens (tertiary/aromatic N) is 1. The maximum absolute atomic E-state index is 13.8. The predicted molar refractivity (Wildman–Crippen MR) is 95.1 cm³/mol. The van der Waals surface area contributed by atoms with Gasteiger partial charge in [0.15, 0.2) is 11.7 Å². The molecule has 0 radical (unpaired) electrons. The fourth-order valence-electron chi connectivity index (χ4n) is 2.59. The molecule has 0 bridgehead atoms. The number of aromatic nitrogens is 1. The second-order valence-electron chi connectivity index (χ2n) is 6.18. The molecule has 10 heteroatoms. The molecule has 30 heavy (non-hydrogen) atoms. The minimum Gasteiger partial charge on any atom is -0.441 e. The monoisotopic (exact) mass is 426 g/mol. The highest BCUT2D eigenvalue weighted by molar-refractivity contribution is 5.76. The number of halogens is 5. The molecule has 0 saturated heterocycles. The third-order valence-electron chi connectivity index (χ3n) is 3.98. The summed E-state index contributed by atoms with van der Waals surface area (Å²) in [6, 6.07) is 8.49. The number of amides is 1. The minimum atomic E-state index is -4.77. The number of alkyl halides is 3. The summed E-state index contributed by atoms with van der Waals surface area (Å²) in [5, 5.41) is 2.60. The van der Waals surface area contributed by atoms with Crippen LogP contribution in [0.1, 0.15) is 17.9 Å². The lowest BCUT2D eigenvalue weighted by molar-refractivity contribution is -0.274. The summed E-state index contributed by atoms with van der Waals surface area (Å²) in [6.45, 7) is 0.0996. The molecule has 3 aromatic rings. The van der Waals surface area contributed by atoms with Crippen molar-refractivity contribution in [2.45, 2.75) is 25.7 Å². The Morgan fingerprint density at radius 3 is 2.37 bits per heavy atom. The summed E-state index contributed by atoms with van der Waals surface area (Å²) in [6.07, 6.45) is -3.50. The van der Waals surface area contributed by atoms with Crippen molar-refractivity contribution in [2.24, 2.45) is 0 Å². The molecule has 0 fully saturated rings. The number of ether oxygens (including phenoxy) is 1. The van der Waals surface area contributed by atoms with Crippen molar-refractivity contribution < 1.29 is 35.9 Å². The van der Waals surface area contributed by atoms with E-state index in [4.69, 9.17) is 4.42 Å². The maximum atomic E-state index is 13.8. The number of carbonyl (C=O) groups excluding carboxylic acids is 1. The van der Waals surface area contributed by atoms with Crippen LogP contribution in [0.25, 0.3) is 11.3 Å². The molecule has 0 aliphatic rings. The lowest BCUT2D eigenvalue weighted by atomic mass is 10.1. The molecule has 2 aromatic carbocycles. The molecule has 5 nitrogen and oxygen atoms in total. The molecular weight excluding hydrogens is 411 g/mol. The summed E-state index contributed by atoms with van der Waals surface area (Å²) >= 11 is 0. The second-order valence-corrected chi connectivity index (χ2v) is 6.18. The average molecular weight is 426 g/mol. The van der Waals surface area contributed by atoms with E-state index in [1.807, 2.05) is 0 Å². The van der Waals surface area contributed by atoms with Gasteiger partial charge in [-0.15, -0.1) is 13.2 Å². The van der Waals surface area contributed by atoms with Gasteiger partial charge in [-0.1, -0.05) is 18.2 Å². The number of hydrogen-bond acceptors (Lipinski definition) is 4. The first-order chi connectivity index (χ1) is 14.2. The third kappa shape index (κ3) is 5.79. The van der Waals surface area contributed by atoms with E-state index in [9.17, 15) is 26.7 Å². The summed E-state index contributed by atoms with van der Waals surface area (Å²) < 4.78 is 73.0. The molecule has 0 atom stereocenters. The van der Waals surface area contributed by atoms with Gasteiger partial charge in [-0.05, 0) is 29.8 Å². The number of hydrogen-bond donors (Lipinski definition) is 1. The van der Waals surface area contributed by atoms with Crippen molar-refractivity contribution in [2.75, 3.05) is 0 Å². The van der Waals surface area contributed by atoms with Gasteiger partial charge in [0.2, 0.25) is 5.91 Å². The molecule has 1 amide bonds. The number of aryl methyl sites for hydroxylation is 1. The van der Waals surface area contributed by atoms with Crippen LogP contribution in [0.5, 0.6) is 5.75 Å². The van der Waals surface area contributed by atoms with E-state index in [0.29, 0.717) is 5.56 Å². The summed E-state index contributed by atoms with van der Waals surface area (Å²) in [5.74, 6) is -2.24. The first-order valence-electron chi connectivity index (χ1n) is 8.72. The minimum absolute atomic E-state index is 0.00498. The molecule has 0 aliphatic heterocycles. The molecule has 0 aliphatic carbocycles. The third-order valence-corrected chi connectivity index (χ3v) is 3.98. The van der Waals surface area contributed by atoms with Crippen molar-refractivity contribution in [1.29, 1.82) is 0 Å². The van der Waals surface area contributed by atoms with Crippen molar-refractivity contribution >= 4 is 5.91 Å². The van der Waals surface area contributed by atoms with Gasteiger partial charge in [-0.3, -0.25) is 4.79 Å². The lowest BCUT2D eigenvalue weighted by Gasteiger charge is -2.09. The highest BCUT2D eigenvalue weighted by Gasteiger charge is 2.30. The summed E-state index contributed by atoms with van der Waals surface area (Å²) in [7, 11) is 0. The van der Waals surface area contributed by atoms with Crippen LogP contribution in [-0.4, -0.2) is 17.3 Å². The van der Waals surface area contributed by atoms with E-state index in [2.05, 4.69) is 15.0 Å². The van der Waals surface area contributed by atoms with Gasteiger partial charge >= 0.3 is 6.36 Å². The van der Waals surface area contributed by atoms with Crippen molar-refractivity contribution in [1.82, 2.24) is 10.3 Å². The summed E-state index contributed by atoms with van der Waals surface area (Å²) in [4.78, 5) is 15.9. The highest BCUT2D eigenvalue weighted by atomic mass is 19.4. The quantitative estimate of drug-likeness (QED) is 0.553. The van der Waals surface area contributed by atoms with E-state index in [-0.39, 0.29) is 48.3 Å². The zero-order valence-electron chi connectivity index (χ0n) is 15.3. The van der Waals surface area contributed by atoms with Crippen LogP contribution in [-0.2, 0) is 17.8 Å². The Morgan fingerprint density at radius 1 is 1.07 bits per heavy atom. The van der Waals surface area contributed by atoms with Crippen LogP contribution in [0.4, 0.5) is 22.0 Å². The number of oxazole rings is 1. The SMILES string of the molecule is O=C(CCc1ncc(-c2c(F)cccc2F)o1)NCc1ccc(OC(F)(F)F)cc1. The molecule has 3 rings (SSSR count). The number of nitrogens with one attached hydrogen (secondary N) is 1. The van der Waals surface area contributed by atoms with Crippen LogP contribution in [0.3, 0.4) is 0 Å². The van der Waals surface area contributed by atoms with E-state index in [1.54, 1.807) is 0 Å². The van der Waals surface area contributed by atoms with E-state index >= 15 is 0 Å². The topological polar surface area (TPSA) is 64.4 Å². The first-order valence-corrected chi connectivity index (χ1v) is 8.72. The Labute approximate surface area is 167 Å². The molecule has 0 unspecified atom stereocenters. The van der Waals surface area contributed by atoms with E-state index in [0.717, 1.165) is 24.3 Å². The molecule has 158 valence electrons. The van der Waals surface area contributed by atoms with Crippen LogP contribution in [0, 0.1) is 11.6 Å². The Hall–Kier alpha value is -3.43. The smallest absolute Gasteiger partial charge is 0.441 e. The molecule has 1 N–H and O–H groups in total. The van der Waals surface area contributed by atoms with Gasteiger partial charge in [-0.2, -0.15) is 0 Å². The van der Waals surface area contributed by atoms with Crippen LogP contribution in [0.15, 0.2) is 53.1 Å². The maximum Gasteiger partial charge on any atom is 0.573 e. The van der Waals surface area contributed by atoms with E-state index in [1.165, 1.54) is 24.4 Å². The number of rotatable bonds is 7. The second kappa shape index (κ2) is 8.93. The Balaban J connectivity index is 1.49. The zero-order valence-corrected chi connectivity index (χ0v) is 15.3. The van der Waals surface area contributed by atoms with Gasteiger partial charge in [0, 0.05) is 19.4 Å². The first kappa shape index (κ1) is 21.3. The van der Waals surface area contributed by atoms with Gasteiger partial charge in [-0.25, -0.2) is 13.8 Å². The van der Waals surface area contributed by atoms with Crippen molar-refractivity contribution in [3.8, 4) is 17.1 Å². The summed E-state index contributed by atoms with van der Waals surface area (Å²) in [5.41, 5.74) is 0.241. The van der Waals surface area contributed by atoms with Crippen LogP contribution >= 0.6 is 0 Å². The molecular formula is C20H15F5N2O3. The number of carbonyl (C=O) groups is 1. The highest BCUT2D eigenvalue weighted by Crippen LogP contribution is 2.27. The normalized spacial score (nSPS) is 11.4. The largest absolute Gasteiger partial charge is 0.573 e. The Bertz CT molecular complexity index is 996. The van der Waals surface area contributed by atoms with Crippen molar-refractivity contribution in [3.63, 3.8) is 0 Å². The lowest BCUT2D eigenvalue weighted by Crippen LogP contribution is -2.23. The van der Waals surface area contributed by atoms with Crippen LogP contribution in [0.2, 0.25) is 0 Å².